The van der Waals surface area contributed by atoms with Crippen LogP contribution < -0.4 is 10.1 Å². The van der Waals surface area contributed by atoms with Crippen molar-refractivity contribution in [3.8, 4) is 5.75 Å². The highest BCUT2D eigenvalue weighted by atomic mass is 16.5. The van der Waals surface area contributed by atoms with E-state index in [-0.39, 0.29) is 0 Å². The highest BCUT2D eigenvalue weighted by Crippen LogP contribution is 2.20. The maximum atomic E-state index is 5.63. The second-order valence-electron chi connectivity index (χ2n) is 3.89. The number of nitrogens with one attached hydrogen (secondary N) is 1. The van der Waals surface area contributed by atoms with Crippen LogP contribution in [0.5, 0.6) is 5.75 Å². The van der Waals surface area contributed by atoms with Crippen molar-refractivity contribution in [2.24, 2.45) is 0 Å². The third-order valence-electron chi connectivity index (χ3n) is 2.42. The van der Waals surface area contributed by atoms with Crippen LogP contribution in [0.2, 0.25) is 0 Å². The quantitative estimate of drug-likeness (QED) is 0.813. The molecule has 0 atom stereocenters. The highest BCUT2D eigenvalue weighted by molar-refractivity contribution is 5.49. The molecule has 0 aliphatic carbocycles. The summed E-state index contributed by atoms with van der Waals surface area (Å²) in [5, 5.41) is 7.41. The summed E-state index contributed by atoms with van der Waals surface area (Å²) >= 11 is 0. The van der Waals surface area contributed by atoms with Gasteiger partial charge in [0.1, 0.15) is 0 Å². The number of ether oxygens (including phenoxy) is 1. The van der Waals surface area contributed by atoms with E-state index >= 15 is 0 Å². The number of hydrogen-bond acceptors (Lipinski definition) is 4. The van der Waals surface area contributed by atoms with Gasteiger partial charge in [-0.1, -0.05) is 6.92 Å². The molecule has 18 heavy (non-hydrogen) atoms. The van der Waals surface area contributed by atoms with Gasteiger partial charge in [0.15, 0.2) is 11.6 Å². The first-order valence-corrected chi connectivity index (χ1v) is 6.19. The highest BCUT2D eigenvalue weighted by Gasteiger charge is 2.03. The zero-order valence-corrected chi connectivity index (χ0v) is 10.5. The summed E-state index contributed by atoms with van der Waals surface area (Å²) < 4.78 is 7.50. The van der Waals surface area contributed by atoms with Crippen molar-refractivity contribution in [2.45, 2.75) is 19.9 Å². The lowest BCUT2D eigenvalue weighted by Crippen LogP contribution is -2.12. The van der Waals surface area contributed by atoms with Gasteiger partial charge in [0.05, 0.1) is 13.2 Å². The lowest BCUT2D eigenvalue weighted by molar-refractivity contribution is 0.317. The maximum Gasteiger partial charge on any atom is 0.168 e. The molecule has 0 bridgehead atoms. The van der Waals surface area contributed by atoms with Gasteiger partial charge >= 0.3 is 0 Å². The van der Waals surface area contributed by atoms with E-state index in [0.29, 0.717) is 6.61 Å². The van der Waals surface area contributed by atoms with Crippen molar-refractivity contribution in [2.75, 3.05) is 18.5 Å². The van der Waals surface area contributed by atoms with E-state index < -0.39 is 0 Å². The molecule has 0 aromatic carbocycles. The molecule has 0 spiro atoms. The predicted octanol–water partition coefficient (Wildman–Crippen LogP) is 2.18. The van der Waals surface area contributed by atoms with Gasteiger partial charge in [-0.25, -0.2) is 4.98 Å². The molecule has 0 fully saturated rings. The molecule has 0 unspecified atom stereocenters. The molecule has 0 aliphatic heterocycles. The Bertz CT molecular complexity index is 456. The minimum absolute atomic E-state index is 0.708. The minimum atomic E-state index is 0.708. The number of pyridine rings is 1. The van der Waals surface area contributed by atoms with Crippen LogP contribution in [0.25, 0.3) is 0 Å². The first-order valence-electron chi connectivity index (χ1n) is 6.19. The molecular formula is C13H18N4O. The van der Waals surface area contributed by atoms with E-state index in [2.05, 4.69) is 22.3 Å². The molecule has 2 heterocycles. The van der Waals surface area contributed by atoms with Crippen molar-refractivity contribution in [1.29, 1.82) is 0 Å². The minimum Gasteiger partial charge on any atom is -0.490 e. The van der Waals surface area contributed by atoms with Gasteiger partial charge < -0.3 is 10.1 Å². The van der Waals surface area contributed by atoms with Gasteiger partial charge in [-0.2, -0.15) is 5.10 Å². The third kappa shape index (κ3) is 3.48. The summed E-state index contributed by atoms with van der Waals surface area (Å²) in [5.74, 6) is 1.60. The summed E-state index contributed by atoms with van der Waals surface area (Å²) in [7, 11) is 0. The van der Waals surface area contributed by atoms with Crippen LogP contribution in [0.15, 0.2) is 36.8 Å². The number of anilines is 1. The summed E-state index contributed by atoms with van der Waals surface area (Å²) in [6.07, 6.45) is 6.46. The van der Waals surface area contributed by atoms with Gasteiger partial charge in [0, 0.05) is 25.1 Å². The Morgan fingerprint density at radius 3 is 3.06 bits per heavy atom. The number of hydrogen-bond donors (Lipinski definition) is 1. The molecule has 0 saturated heterocycles. The summed E-state index contributed by atoms with van der Waals surface area (Å²) in [6.45, 7) is 4.36. The molecule has 1 N–H and O–H groups in total. The molecule has 0 aliphatic rings. The van der Waals surface area contributed by atoms with Gasteiger partial charge in [-0.05, 0) is 24.6 Å². The summed E-state index contributed by atoms with van der Waals surface area (Å²) in [5.41, 5.74) is 0. The molecule has 0 saturated carbocycles. The Morgan fingerprint density at radius 1 is 1.33 bits per heavy atom. The van der Waals surface area contributed by atoms with E-state index in [1.807, 2.05) is 29.1 Å². The molecule has 2 aromatic rings. The molecule has 2 aromatic heterocycles. The monoisotopic (exact) mass is 246 g/mol. The zero-order chi connectivity index (χ0) is 12.6. The normalized spacial score (nSPS) is 10.3. The van der Waals surface area contributed by atoms with Gasteiger partial charge in [-0.3, -0.25) is 4.68 Å². The van der Waals surface area contributed by atoms with E-state index in [4.69, 9.17) is 4.74 Å². The first kappa shape index (κ1) is 12.4. The Balaban J connectivity index is 1.87. The SMILES string of the molecule is CCCOc1cccnc1NCCn1cccn1. The number of rotatable bonds is 7. The van der Waals surface area contributed by atoms with E-state index in [1.165, 1.54) is 0 Å². The van der Waals surface area contributed by atoms with Gasteiger partial charge in [-0.15, -0.1) is 0 Å². The number of aromatic nitrogens is 3. The average Bonchev–Trinajstić information content (AvgIpc) is 2.91. The predicted molar refractivity (Wildman–Crippen MR) is 70.7 cm³/mol. The largest absolute Gasteiger partial charge is 0.490 e. The molecular weight excluding hydrogens is 228 g/mol. The molecule has 5 heteroatoms. The van der Waals surface area contributed by atoms with E-state index in [1.54, 1.807) is 12.4 Å². The average molecular weight is 246 g/mol. The van der Waals surface area contributed by atoms with Crippen molar-refractivity contribution in [1.82, 2.24) is 14.8 Å². The van der Waals surface area contributed by atoms with Crippen LogP contribution in [-0.2, 0) is 6.54 Å². The second kappa shape index (κ2) is 6.64. The van der Waals surface area contributed by atoms with Gasteiger partial charge in [0.25, 0.3) is 0 Å². The van der Waals surface area contributed by atoms with Crippen LogP contribution in [0, 0.1) is 0 Å². The second-order valence-corrected chi connectivity index (χ2v) is 3.89. The van der Waals surface area contributed by atoms with Gasteiger partial charge in [0.2, 0.25) is 0 Å². The van der Waals surface area contributed by atoms with Crippen LogP contribution in [0.3, 0.4) is 0 Å². The van der Waals surface area contributed by atoms with Crippen molar-refractivity contribution in [3.05, 3.63) is 36.8 Å². The fourth-order valence-corrected chi connectivity index (χ4v) is 1.57. The fourth-order valence-electron chi connectivity index (χ4n) is 1.57. The topological polar surface area (TPSA) is 52.0 Å². The molecule has 96 valence electrons. The van der Waals surface area contributed by atoms with Crippen LogP contribution in [-0.4, -0.2) is 27.9 Å². The Labute approximate surface area is 107 Å². The molecule has 0 radical (unpaired) electrons. The Morgan fingerprint density at radius 2 is 2.28 bits per heavy atom. The molecule has 2 rings (SSSR count). The zero-order valence-electron chi connectivity index (χ0n) is 10.5. The Kier molecular flexibility index (Phi) is 4.58. The first-order chi connectivity index (χ1) is 8.90. The summed E-state index contributed by atoms with van der Waals surface area (Å²) in [6, 6.07) is 5.72. The molecule has 5 nitrogen and oxygen atoms in total. The van der Waals surface area contributed by atoms with E-state index in [0.717, 1.165) is 31.1 Å². The lowest BCUT2D eigenvalue weighted by Gasteiger charge is -2.11. The Hall–Kier alpha value is -2.04. The lowest BCUT2D eigenvalue weighted by atomic mass is 10.4. The van der Waals surface area contributed by atoms with Crippen LogP contribution in [0.1, 0.15) is 13.3 Å². The standard InChI is InChI=1S/C13H18N4O/c1-2-11-18-12-5-3-6-14-13(12)15-8-10-17-9-4-7-16-17/h3-7,9H,2,8,10-11H2,1H3,(H,14,15). The van der Waals surface area contributed by atoms with Crippen molar-refractivity contribution >= 4 is 5.82 Å². The smallest absolute Gasteiger partial charge is 0.168 e. The van der Waals surface area contributed by atoms with E-state index in [9.17, 15) is 0 Å². The molecule has 0 amide bonds. The maximum absolute atomic E-state index is 5.63. The van der Waals surface area contributed by atoms with Crippen LogP contribution in [0.4, 0.5) is 5.82 Å². The number of nitrogens with zero attached hydrogens (tertiary/aromatic N) is 3. The fraction of sp³-hybridized carbons (Fsp3) is 0.385. The third-order valence-corrected chi connectivity index (χ3v) is 2.42. The van der Waals surface area contributed by atoms with Crippen LogP contribution >= 0.6 is 0 Å². The van der Waals surface area contributed by atoms with Crippen molar-refractivity contribution in [3.63, 3.8) is 0 Å². The van der Waals surface area contributed by atoms with Crippen molar-refractivity contribution < 1.29 is 4.74 Å². The summed E-state index contributed by atoms with van der Waals surface area (Å²) in [4.78, 5) is 4.28.